The molecule has 6 heteroatoms. The van der Waals surface area contributed by atoms with E-state index in [1.807, 2.05) is 12.1 Å². The summed E-state index contributed by atoms with van der Waals surface area (Å²) in [6.07, 6.45) is 5.37. The predicted octanol–water partition coefficient (Wildman–Crippen LogP) is 6.12. The van der Waals surface area contributed by atoms with E-state index < -0.39 is 12.2 Å². The quantitative estimate of drug-likeness (QED) is 0.462. The maximum atomic E-state index is 13.5. The molecule has 162 valence electrons. The molecule has 0 N–H and O–H groups in total. The summed E-state index contributed by atoms with van der Waals surface area (Å²) in [4.78, 5) is 27.9. The first kappa shape index (κ1) is 20.4. The van der Waals surface area contributed by atoms with Gasteiger partial charge in [-0.05, 0) is 74.6 Å². The maximum Gasteiger partial charge on any atom is 0.342 e. The number of esters is 1. The largest absolute Gasteiger partial charge is 0.456 e. The number of anilines is 1. The van der Waals surface area contributed by atoms with Gasteiger partial charge in [-0.25, -0.2) is 4.79 Å². The number of nitrogens with zero attached hydrogens (tertiary/aromatic N) is 1. The third-order valence-electron chi connectivity index (χ3n) is 6.69. The number of fused-ring (bicyclic) bond motifs is 4. The summed E-state index contributed by atoms with van der Waals surface area (Å²) in [5, 5.41) is 1.93. The highest BCUT2D eigenvalue weighted by molar-refractivity contribution is 7.97. The highest BCUT2D eigenvalue weighted by Crippen LogP contribution is 2.40. The van der Waals surface area contributed by atoms with E-state index in [4.69, 9.17) is 9.15 Å². The van der Waals surface area contributed by atoms with Gasteiger partial charge in [-0.2, -0.15) is 11.8 Å². The van der Waals surface area contributed by atoms with Gasteiger partial charge in [0.25, 0.3) is 0 Å². The normalized spacial score (nSPS) is 23.8. The molecule has 0 saturated heterocycles. The van der Waals surface area contributed by atoms with E-state index in [2.05, 4.69) is 25.3 Å². The molecule has 2 aliphatic rings. The van der Waals surface area contributed by atoms with Crippen molar-refractivity contribution in [2.24, 2.45) is 11.8 Å². The van der Waals surface area contributed by atoms with Crippen LogP contribution in [0.15, 0.2) is 34.7 Å². The van der Waals surface area contributed by atoms with Gasteiger partial charge in [0.1, 0.15) is 11.2 Å². The summed E-state index contributed by atoms with van der Waals surface area (Å²) >= 11 is 1.77. The predicted molar refractivity (Wildman–Crippen MR) is 124 cm³/mol. The van der Waals surface area contributed by atoms with Crippen LogP contribution >= 0.6 is 11.8 Å². The molecule has 0 spiro atoms. The molecule has 1 unspecified atom stereocenters. The van der Waals surface area contributed by atoms with Crippen molar-refractivity contribution < 1.29 is 18.7 Å². The fraction of sp³-hybridized carbons (Fsp3) is 0.440. The Morgan fingerprint density at radius 3 is 2.55 bits per heavy atom. The molecule has 1 aromatic heterocycles. The van der Waals surface area contributed by atoms with E-state index in [9.17, 15) is 9.59 Å². The molecule has 2 heterocycles. The zero-order valence-corrected chi connectivity index (χ0v) is 19.0. The molecule has 1 atom stereocenters. The minimum atomic E-state index is -0.616. The Bertz CT molecular complexity index is 1180. The Kier molecular flexibility index (Phi) is 5.21. The van der Waals surface area contributed by atoms with Crippen molar-refractivity contribution >= 4 is 51.3 Å². The number of carbonyl (C=O) groups is 2. The lowest BCUT2D eigenvalue weighted by Gasteiger charge is -2.37. The summed E-state index contributed by atoms with van der Waals surface area (Å²) in [5.74, 6) is 1.22. The number of hydrogen-bond acceptors (Lipinski definition) is 5. The Hall–Kier alpha value is -2.47. The zero-order chi connectivity index (χ0) is 21.7. The molecule has 1 saturated carbocycles. The van der Waals surface area contributed by atoms with Gasteiger partial charge in [0.15, 0.2) is 6.23 Å². The molecule has 0 bridgehead atoms. The third-order valence-corrected chi connectivity index (χ3v) is 7.31. The van der Waals surface area contributed by atoms with E-state index in [-0.39, 0.29) is 11.8 Å². The van der Waals surface area contributed by atoms with Gasteiger partial charge in [-0.15, -0.1) is 0 Å². The minimum absolute atomic E-state index is 0.0201. The van der Waals surface area contributed by atoms with Crippen LogP contribution < -0.4 is 4.90 Å². The Labute approximate surface area is 186 Å². The van der Waals surface area contributed by atoms with Crippen LogP contribution in [0.1, 0.15) is 55.5 Å². The van der Waals surface area contributed by atoms with Crippen molar-refractivity contribution in [3.05, 3.63) is 41.5 Å². The molecule has 5 nitrogen and oxygen atoms in total. The Morgan fingerprint density at radius 2 is 1.81 bits per heavy atom. The summed E-state index contributed by atoms with van der Waals surface area (Å²) in [6, 6.07) is 9.86. The number of cyclic esters (lactones) is 1. The van der Waals surface area contributed by atoms with Gasteiger partial charge < -0.3 is 9.15 Å². The highest BCUT2D eigenvalue weighted by Gasteiger charge is 2.38. The molecule has 0 radical (unpaired) electrons. The topological polar surface area (TPSA) is 59.8 Å². The molecule has 3 aromatic rings. The fourth-order valence-corrected chi connectivity index (χ4v) is 5.46. The Balaban J connectivity index is 1.62. The van der Waals surface area contributed by atoms with Gasteiger partial charge >= 0.3 is 5.97 Å². The van der Waals surface area contributed by atoms with Crippen LogP contribution in [0.5, 0.6) is 0 Å². The number of ether oxygens (including phenoxy) is 1. The second kappa shape index (κ2) is 7.90. The van der Waals surface area contributed by atoms with E-state index in [0.717, 1.165) is 47.8 Å². The number of amides is 1. The molecular weight excluding hydrogens is 410 g/mol. The van der Waals surface area contributed by atoms with Crippen molar-refractivity contribution in [1.82, 2.24) is 0 Å². The fourth-order valence-electron chi connectivity index (χ4n) is 4.95. The average molecular weight is 438 g/mol. The lowest BCUT2D eigenvalue weighted by Crippen LogP contribution is -2.48. The summed E-state index contributed by atoms with van der Waals surface area (Å²) in [5.41, 5.74) is 3.67. The maximum absolute atomic E-state index is 13.5. The van der Waals surface area contributed by atoms with E-state index >= 15 is 0 Å². The number of benzene rings is 2. The smallest absolute Gasteiger partial charge is 0.342 e. The minimum Gasteiger partial charge on any atom is -0.456 e. The molecule has 1 fully saturated rings. The number of thioether (sulfide) groups is 1. The van der Waals surface area contributed by atoms with E-state index in [0.29, 0.717) is 22.8 Å². The van der Waals surface area contributed by atoms with Crippen LogP contribution in [0.3, 0.4) is 0 Å². The summed E-state index contributed by atoms with van der Waals surface area (Å²) in [7, 11) is 0. The van der Waals surface area contributed by atoms with Crippen molar-refractivity contribution in [2.75, 3.05) is 11.2 Å². The van der Waals surface area contributed by atoms with Gasteiger partial charge in [-0.1, -0.05) is 13.0 Å². The van der Waals surface area contributed by atoms with Gasteiger partial charge in [0.05, 0.1) is 11.3 Å². The number of carbonyl (C=O) groups excluding carboxylic acids is 2. The zero-order valence-electron chi connectivity index (χ0n) is 18.1. The first-order valence-corrected chi connectivity index (χ1v) is 12.4. The van der Waals surface area contributed by atoms with Crippen LogP contribution in [0.25, 0.3) is 21.9 Å². The van der Waals surface area contributed by atoms with Crippen molar-refractivity contribution in [3.63, 3.8) is 0 Å². The third kappa shape index (κ3) is 3.51. The summed E-state index contributed by atoms with van der Waals surface area (Å²) < 4.78 is 11.6. The first-order valence-electron chi connectivity index (χ1n) is 11.0. The van der Waals surface area contributed by atoms with Gasteiger partial charge in [0, 0.05) is 22.4 Å². The molecular formula is C25H27NO4S. The average Bonchev–Trinajstić information content (AvgIpc) is 3.10. The van der Waals surface area contributed by atoms with Crippen LogP contribution in [-0.2, 0) is 15.3 Å². The first-order chi connectivity index (χ1) is 15.0. The lowest BCUT2D eigenvalue weighted by atomic mass is 9.82. The van der Waals surface area contributed by atoms with Crippen LogP contribution in [-0.4, -0.2) is 24.4 Å². The SMILES string of the molecule is CSCc1ccc2oc3cc4c(cc3c2c1)N(C(=O)[C@H]1CC[C@H](C)CC1)C(C)OC4=O. The van der Waals surface area contributed by atoms with Crippen LogP contribution in [0, 0.1) is 11.8 Å². The van der Waals surface area contributed by atoms with Crippen molar-refractivity contribution in [2.45, 2.75) is 51.5 Å². The molecule has 1 aliphatic heterocycles. The number of furan rings is 1. The molecule has 31 heavy (non-hydrogen) atoms. The van der Waals surface area contributed by atoms with Crippen molar-refractivity contribution in [3.8, 4) is 0 Å². The number of hydrogen-bond donors (Lipinski definition) is 0. The van der Waals surface area contributed by atoms with Crippen LogP contribution in [0.4, 0.5) is 5.69 Å². The molecule has 1 aliphatic carbocycles. The van der Waals surface area contributed by atoms with E-state index in [1.54, 1.807) is 29.7 Å². The second-order valence-corrected chi connectivity index (χ2v) is 9.77. The number of rotatable bonds is 3. The van der Waals surface area contributed by atoms with Gasteiger partial charge in [-0.3, -0.25) is 9.69 Å². The molecule has 1 amide bonds. The molecule has 5 rings (SSSR count). The second-order valence-electron chi connectivity index (χ2n) is 8.90. The monoisotopic (exact) mass is 437 g/mol. The highest BCUT2D eigenvalue weighted by atomic mass is 32.2. The summed E-state index contributed by atoms with van der Waals surface area (Å²) in [6.45, 7) is 4.02. The van der Waals surface area contributed by atoms with Crippen LogP contribution in [0.2, 0.25) is 0 Å². The van der Waals surface area contributed by atoms with E-state index in [1.165, 1.54) is 5.56 Å². The lowest BCUT2D eigenvalue weighted by molar-refractivity contribution is -0.125. The molecule has 2 aromatic carbocycles. The van der Waals surface area contributed by atoms with Gasteiger partial charge in [0.2, 0.25) is 5.91 Å². The Morgan fingerprint density at radius 1 is 1.06 bits per heavy atom. The van der Waals surface area contributed by atoms with Crippen molar-refractivity contribution in [1.29, 1.82) is 0 Å². The standard InChI is InChI=1S/C25H27NO4S/c1-14-4-7-17(8-5-14)24(27)26-15(2)29-25(28)20-12-23-19(11-21(20)26)18-10-16(13-31-3)6-9-22(18)30-23/h6,9-12,14-15,17H,4-5,7-8,13H2,1-3H3/t14-,15?,17-.